The first-order chi connectivity index (χ1) is 13.9. The second-order valence-corrected chi connectivity index (χ2v) is 6.95. The molecule has 0 N–H and O–H groups in total. The van der Waals surface area contributed by atoms with Crippen molar-refractivity contribution in [3.63, 3.8) is 0 Å². The summed E-state index contributed by atoms with van der Waals surface area (Å²) in [4.78, 5) is 11.7. The molecular formula is C22H17Cl2FO4. The average Bonchev–Trinajstić information content (AvgIpc) is 2.71. The lowest BCUT2D eigenvalue weighted by Gasteiger charge is -2.14. The van der Waals surface area contributed by atoms with Gasteiger partial charge in [0.25, 0.3) is 0 Å². The van der Waals surface area contributed by atoms with Crippen molar-refractivity contribution in [1.29, 1.82) is 0 Å². The van der Waals surface area contributed by atoms with Crippen LogP contribution in [0.4, 0.5) is 4.39 Å². The molecule has 0 aliphatic heterocycles. The zero-order valence-electron chi connectivity index (χ0n) is 15.7. The van der Waals surface area contributed by atoms with Crippen molar-refractivity contribution in [2.45, 2.75) is 6.42 Å². The first-order valence-electron chi connectivity index (χ1n) is 8.58. The highest BCUT2D eigenvalue weighted by molar-refractivity contribution is 6.37. The molecule has 0 heterocycles. The predicted octanol–water partition coefficient (Wildman–Crippen LogP) is 6.31. The molecule has 0 bridgehead atoms. The van der Waals surface area contributed by atoms with E-state index in [4.69, 9.17) is 32.7 Å². The van der Waals surface area contributed by atoms with Gasteiger partial charge in [-0.25, -0.2) is 9.18 Å². The van der Waals surface area contributed by atoms with Crippen LogP contribution in [0.15, 0.2) is 54.6 Å². The quantitative estimate of drug-likeness (QED) is 0.426. The summed E-state index contributed by atoms with van der Waals surface area (Å²) < 4.78 is 29.1. The standard InChI is InChI=1S/C22H17Cl2FO4/c1-27-20-8-7-17(10-14(20)9-13-3-5-16(25)6-4-13)29-21-18(23)11-15(12-19(21)24)22(26)28-2/h3-8,10-12H,9H2,1-2H3. The van der Waals surface area contributed by atoms with E-state index in [1.54, 1.807) is 37.4 Å². The van der Waals surface area contributed by atoms with Crippen LogP contribution in [-0.4, -0.2) is 20.2 Å². The molecule has 0 aliphatic rings. The molecule has 0 amide bonds. The molecule has 0 radical (unpaired) electrons. The highest BCUT2D eigenvalue weighted by Crippen LogP contribution is 2.38. The Kier molecular flexibility index (Phi) is 6.62. The molecule has 29 heavy (non-hydrogen) atoms. The first kappa shape index (κ1) is 21.0. The van der Waals surface area contributed by atoms with Gasteiger partial charge >= 0.3 is 5.97 Å². The van der Waals surface area contributed by atoms with Gasteiger partial charge in [0.05, 0.1) is 29.8 Å². The molecule has 0 spiro atoms. The monoisotopic (exact) mass is 434 g/mol. The number of carbonyl (C=O) groups excluding carboxylic acids is 1. The Morgan fingerprint density at radius 2 is 1.62 bits per heavy atom. The summed E-state index contributed by atoms with van der Waals surface area (Å²) in [5.41, 5.74) is 1.98. The Morgan fingerprint density at radius 3 is 2.21 bits per heavy atom. The average molecular weight is 435 g/mol. The summed E-state index contributed by atoms with van der Waals surface area (Å²) in [7, 11) is 2.85. The summed E-state index contributed by atoms with van der Waals surface area (Å²) in [5, 5.41) is 0.350. The van der Waals surface area contributed by atoms with E-state index >= 15 is 0 Å². The summed E-state index contributed by atoms with van der Waals surface area (Å²) in [6, 6.07) is 14.4. The largest absolute Gasteiger partial charge is 0.496 e. The van der Waals surface area contributed by atoms with Crippen molar-refractivity contribution >= 4 is 29.2 Å². The number of halogens is 3. The fourth-order valence-corrected chi connectivity index (χ4v) is 3.35. The Morgan fingerprint density at radius 1 is 0.966 bits per heavy atom. The number of methoxy groups -OCH3 is 2. The van der Waals surface area contributed by atoms with Gasteiger partial charge in [-0.3, -0.25) is 0 Å². The highest BCUT2D eigenvalue weighted by Gasteiger charge is 2.16. The number of hydrogen-bond acceptors (Lipinski definition) is 4. The molecule has 4 nitrogen and oxygen atoms in total. The van der Waals surface area contributed by atoms with Crippen molar-refractivity contribution in [2.24, 2.45) is 0 Å². The molecule has 0 fully saturated rings. The van der Waals surface area contributed by atoms with Gasteiger partial charge < -0.3 is 14.2 Å². The molecule has 0 atom stereocenters. The highest BCUT2D eigenvalue weighted by atomic mass is 35.5. The van der Waals surface area contributed by atoms with E-state index in [9.17, 15) is 9.18 Å². The maximum atomic E-state index is 13.2. The van der Waals surface area contributed by atoms with E-state index in [-0.39, 0.29) is 27.2 Å². The summed E-state index contributed by atoms with van der Waals surface area (Å²) in [5.74, 6) is 0.528. The van der Waals surface area contributed by atoms with Crippen LogP contribution >= 0.6 is 23.2 Å². The Hall–Kier alpha value is -2.76. The van der Waals surface area contributed by atoms with E-state index in [2.05, 4.69) is 4.74 Å². The van der Waals surface area contributed by atoms with Gasteiger partial charge in [0, 0.05) is 12.0 Å². The van der Waals surface area contributed by atoms with Crippen LogP contribution in [-0.2, 0) is 11.2 Å². The number of rotatable bonds is 6. The van der Waals surface area contributed by atoms with Crippen molar-refractivity contribution in [3.8, 4) is 17.2 Å². The van der Waals surface area contributed by atoms with E-state index in [1.807, 2.05) is 0 Å². The summed E-state index contributed by atoms with van der Waals surface area (Å²) in [6.07, 6.45) is 0.517. The molecule has 0 aromatic heterocycles. The van der Waals surface area contributed by atoms with Crippen LogP contribution in [0.3, 0.4) is 0 Å². The molecule has 0 unspecified atom stereocenters. The minimum absolute atomic E-state index is 0.175. The maximum absolute atomic E-state index is 13.2. The molecular weight excluding hydrogens is 418 g/mol. The van der Waals surface area contributed by atoms with Crippen LogP contribution in [0, 0.1) is 5.82 Å². The van der Waals surface area contributed by atoms with E-state index in [0.29, 0.717) is 17.9 Å². The molecule has 3 aromatic carbocycles. The zero-order valence-corrected chi connectivity index (χ0v) is 17.2. The topological polar surface area (TPSA) is 44.8 Å². The Bertz CT molecular complexity index is 1010. The maximum Gasteiger partial charge on any atom is 0.337 e. The number of ether oxygens (including phenoxy) is 3. The second kappa shape index (κ2) is 9.16. The van der Waals surface area contributed by atoms with Gasteiger partial charge in [-0.15, -0.1) is 0 Å². The molecule has 150 valence electrons. The third-order valence-corrected chi connectivity index (χ3v) is 4.76. The Balaban J connectivity index is 1.90. The predicted molar refractivity (Wildman–Crippen MR) is 110 cm³/mol. The zero-order chi connectivity index (χ0) is 21.0. The molecule has 3 rings (SSSR count). The van der Waals surface area contributed by atoms with Crippen LogP contribution in [0.5, 0.6) is 17.2 Å². The molecule has 0 saturated heterocycles. The summed E-state index contributed by atoms with van der Waals surface area (Å²) >= 11 is 12.5. The minimum Gasteiger partial charge on any atom is -0.496 e. The van der Waals surface area contributed by atoms with Gasteiger partial charge in [0.1, 0.15) is 17.3 Å². The molecule has 0 saturated carbocycles. The van der Waals surface area contributed by atoms with Gasteiger partial charge in [-0.05, 0) is 48.0 Å². The van der Waals surface area contributed by atoms with Crippen LogP contribution in [0.1, 0.15) is 21.5 Å². The van der Waals surface area contributed by atoms with Crippen LogP contribution in [0.2, 0.25) is 10.0 Å². The lowest BCUT2D eigenvalue weighted by molar-refractivity contribution is 0.0600. The van der Waals surface area contributed by atoms with Crippen molar-refractivity contribution in [2.75, 3.05) is 14.2 Å². The number of hydrogen-bond donors (Lipinski definition) is 0. The number of benzene rings is 3. The fraction of sp³-hybridized carbons (Fsp3) is 0.136. The van der Waals surface area contributed by atoms with Gasteiger partial charge in [0.2, 0.25) is 0 Å². The third-order valence-electron chi connectivity index (χ3n) is 4.20. The third kappa shape index (κ3) is 5.00. The van der Waals surface area contributed by atoms with Crippen LogP contribution < -0.4 is 9.47 Å². The lowest BCUT2D eigenvalue weighted by atomic mass is 10.0. The van der Waals surface area contributed by atoms with Gasteiger partial charge in [-0.2, -0.15) is 0 Å². The lowest BCUT2D eigenvalue weighted by Crippen LogP contribution is -2.01. The normalized spacial score (nSPS) is 10.5. The number of carbonyl (C=O) groups is 1. The smallest absolute Gasteiger partial charge is 0.337 e. The molecule has 3 aromatic rings. The Labute approximate surface area is 177 Å². The van der Waals surface area contributed by atoms with Gasteiger partial charge in [-0.1, -0.05) is 35.3 Å². The fourth-order valence-electron chi connectivity index (χ4n) is 2.79. The molecule has 0 aliphatic carbocycles. The number of esters is 1. The van der Waals surface area contributed by atoms with Gasteiger partial charge in [0.15, 0.2) is 5.75 Å². The van der Waals surface area contributed by atoms with Crippen molar-refractivity contribution in [3.05, 3.63) is 87.2 Å². The second-order valence-electron chi connectivity index (χ2n) is 6.14. The first-order valence-corrected chi connectivity index (χ1v) is 9.33. The molecule has 7 heteroatoms. The van der Waals surface area contributed by atoms with E-state index < -0.39 is 5.97 Å². The summed E-state index contributed by atoms with van der Waals surface area (Å²) in [6.45, 7) is 0. The van der Waals surface area contributed by atoms with Crippen LogP contribution in [0.25, 0.3) is 0 Å². The van der Waals surface area contributed by atoms with E-state index in [1.165, 1.54) is 31.4 Å². The van der Waals surface area contributed by atoms with E-state index in [0.717, 1.165) is 11.1 Å². The van der Waals surface area contributed by atoms with Crippen molar-refractivity contribution < 1.29 is 23.4 Å². The minimum atomic E-state index is -0.550. The van der Waals surface area contributed by atoms with Crippen molar-refractivity contribution in [1.82, 2.24) is 0 Å². The SMILES string of the molecule is COC(=O)c1cc(Cl)c(Oc2ccc(OC)c(Cc3ccc(F)cc3)c2)c(Cl)c1.